The van der Waals surface area contributed by atoms with Gasteiger partial charge < -0.3 is 10.7 Å². The van der Waals surface area contributed by atoms with Crippen LogP contribution in [0.2, 0.25) is 0 Å². The van der Waals surface area contributed by atoms with Gasteiger partial charge in [-0.1, -0.05) is 13.0 Å². The molecule has 0 saturated heterocycles. The molecule has 3 N–H and O–H groups in total. The van der Waals surface area contributed by atoms with E-state index < -0.39 is 0 Å². The van der Waals surface area contributed by atoms with Crippen LogP contribution in [0.3, 0.4) is 0 Å². The minimum atomic E-state index is -0.0887. The van der Waals surface area contributed by atoms with E-state index >= 15 is 0 Å². The fourth-order valence-electron chi connectivity index (χ4n) is 1.67. The quantitative estimate of drug-likeness (QED) is 0.776. The number of fused-ring (bicyclic) bond motifs is 1. The highest BCUT2D eigenvalue weighted by molar-refractivity contribution is 5.79. The van der Waals surface area contributed by atoms with Crippen molar-refractivity contribution < 1.29 is 0 Å². The van der Waals surface area contributed by atoms with Gasteiger partial charge in [0.15, 0.2) is 0 Å². The van der Waals surface area contributed by atoms with E-state index in [2.05, 4.69) is 18.0 Å². The standard InChI is InChI=1S/C12H14N2O/c1-2-8-3-4-11-9(5-8)6-10(7-13)12(15)14-11/h3-6H,2,7,13H2,1H3,(H,14,15). The minimum Gasteiger partial charge on any atom is -0.326 e. The lowest BCUT2D eigenvalue weighted by molar-refractivity contribution is 1.03. The van der Waals surface area contributed by atoms with Crippen LogP contribution in [0.5, 0.6) is 0 Å². The van der Waals surface area contributed by atoms with Gasteiger partial charge in [0.2, 0.25) is 0 Å². The van der Waals surface area contributed by atoms with E-state index in [1.54, 1.807) is 0 Å². The number of rotatable bonds is 2. The third kappa shape index (κ3) is 1.78. The van der Waals surface area contributed by atoms with Gasteiger partial charge in [-0.2, -0.15) is 0 Å². The molecule has 1 aromatic carbocycles. The summed E-state index contributed by atoms with van der Waals surface area (Å²) in [4.78, 5) is 14.3. The average Bonchev–Trinajstić information content (AvgIpc) is 2.27. The summed E-state index contributed by atoms with van der Waals surface area (Å²) in [6, 6.07) is 7.92. The Kier molecular flexibility index (Phi) is 2.56. The Morgan fingerprint density at radius 3 is 2.80 bits per heavy atom. The van der Waals surface area contributed by atoms with Gasteiger partial charge in [-0.25, -0.2) is 0 Å². The molecule has 0 fully saturated rings. The molecule has 2 rings (SSSR count). The number of hydrogen-bond donors (Lipinski definition) is 2. The normalized spacial score (nSPS) is 10.8. The lowest BCUT2D eigenvalue weighted by Crippen LogP contribution is -2.15. The van der Waals surface area contributed by atoms with Crippen LogP contribution in [0.1, 0.15) is 18.1 Å². The van der Waals surface area contributed by atoms with Crippen molar-refractivity contribution in [2.45, 2.75) is 19.9 Å². The summed E-state index contributed by atoms with van der Waals surface area (Å²) in [6.07, 6.45) is 0.993. The van der Waals surface area contributed by atoms with Crippen molar-refractivity contribution in [3.05, 3.63) is 45.7 Å². The van der Waals surface area contributed by atoms with Crippen LogP contribution >= 0.6 is 0 Å². The molecule has 0 unspecified atom stereocenters. The van der Waals surface area contributed by atoms with Gasteiger partial charge in [-0.15, -0.1) is 0 Å². The fraction of sp³-hybridized carbons (Fsp3) is 0.250. The topological polar surface area (TPSA) is 58.9 Å². The van der Waals surface area contributed by atoms with E-state index in [1.807, 2.05) is 18.2 Å². The molecule has 2 aromatic rings. The van der Waals surface area contributed by atoms with Crippen molar-refractivity contribution in [2.75, 3.05) is 0 Å². The highest BCUT2D eigenvalue weighted by Gasteiger charge is 2.01. The molecule has 3 nitrogen and oxygen atoms in total. The third-order valence-electron chi connectivity index (χ3n) is 2.61. The number of H-pyrrole nitrogens is 1. The number of hydrogen-bond acceptors (Lipinski definition) is 2. The molecule has 0 radical (unpaired) electrons. The molecule has 1 heterocycles. The zero-order chi connectivity index (χ0) is 10.8. The van der Waals surface area contributed by atoms with Crippen LogP contribution in [-0.4, -0.2) is 4.98 Å². The lowest BCUT2D eigenvalue weighted by atomic mass is 10.1. The maximum Gasteiger partial charge on any atom is 0.252 e. The molecule has 0 saturated carbocycles. The second-order valence-electron chi connectivity index (χ2n) is 3.60. The average molecular weight is 202 g/mol. The number of nitrogens with one attached hydrogen (secondary N) is 1. The predicted octanol–water partition coefficient (Wildman–Crippen LogP) is 1.55. The number of nitrogens with two attached hydrogens (primary N) is 1. The molecule has 0 aliphatic heterocycles. The smallest absolute Gasteiger partial charge is 0.252 e. The fourth-order valence-corrected chi connectivity index (χ4v) is 1.67. The van der Waals surface area contributed by atoms with Crippen molar-refractivity contribution in [1.29, 1.82) is 0 Å². The molecule has 78 valence electrons. The highest BCUT2D eigenvalue weighted by atomic mass is 16.1. The van der Waals surface area contributed by atoms with Crippen LogP contribution in [0, 0.1) is 0 Å². The highest BCUT2D eigenvalue weighted by Crippen LogP contribution is 2.13. The Bertz CT molecular complexity index is 543. The summed E-state index contributed by atoms with van der Waals surface area (Å²) < 4.78 is 0. The monoisotopic (exact) mass is 202 g/mol. The Hall–Kier alpha value is -1.61. The van der Waals surface area contributed by atoms with Crippen molar-refractivity contribution >= 4 is 10.9 Å². The molecule has 0 amide bonds. The van der Waals surface area contributed by atoms with Gasteiger partial charge in [-0.3, -0.25) is 4.79 Å². The molecule has 0 spiro atoms. The van der Waals surface area contributed by atoms with E-state index in [9.17, 15) is 4.79 Å². The number of benzene rings is 1. The van der Waals surface area contributed by atoms with Crippen LogP contribution in [0.4, 0.5) is 0 Å². The Morgan fingerprint density at radius 2 is 2.13 bits per heavy atom. The van der Waals surface area contributed by atoms with Gasteiger partial charge in [0.05, 0.1) is 0 Å². The summed E-state index contributed by atoms with van der Waals surface area (Å²) in [5.74, 6) is 0. The van der Waals surface area contributed by atoms with E-state index in [0.717, 1.165) is 17.3 Å². The third-order valence-corrected chi connectivity index (χ3v) is 2.61. The largest absolute Gasteiger partial charge is 0.326 e. The van der Waals surface area contributed by atoms with Gasteiger partial charge in [0.1, 0.15) is 0 Å². The number of aromatic amines is 1. The first-order chi connectivity index (χ1) is 7.24. The maximum atomic E-state index is 11.5. The molecule has 15 heavy (non-hydrogen) atoms. The first kappa shape index (κ1) is 9.93. The Balaban J connectivity index is 2.71. The van der Waals surface area contributed by atoms with Crippen LogP contribution in [-0.2, 0) is 13.0 Å². The minimum absolute atomic E-state index is 0.0887. The molecule has 0 aliphatic rings. The Morgan fingerprint density at radius 1 is 1.33 bits per heavy atom. The van der Waals surface area contributed by atoms with E-state index in [1.165, 1.54) is 5.56 Å². The second-order valence-corrected chi connectivity index (χ2v) is 3.60. The van der Waals surface area contributed by atoms with Crippen molar-refractivity contribution in [1.82, 2.24) is 4.98 Å². The van der Waals surface area contributed by atoms with Crippen LogP contribution in [0.15, 0.2) is 29.1 Å². The number of aryl methyl sites for hydroxylation is 1. The van der Waals surface area contributed by atoms with Crippen LogP contribution < -0.4 is 11.3 Å². The summed E-state index contributed by atoms with van der Waals surface area (Å²) in [6.45, 7) is 2.39. The van der Waals surface area contributed by atoms with Gasteiger partial charge in [0, 0.05) is 17.6 Å². The SMILES string of the molecule is CCc1ccc2[nH]c(=O)c(CN)cc2c1. The molecule has 0 bridgehead atoms. The van der Waals surface area contributed by atoms with Crippen molar-refractivity contribution in [3.8, 4) is 0 Å². The summed E-state index contributed by atoms with van der Waals surface area (Å²) in [5.41, 5.74) is 8.17. The number of aromatic nitrogens is 1. The Labute approximate surface area is 87.9 Å². The lowest BCUT2D eigenvalue weighted by Gasteiger charge is -2.03. The second kappa shape index (κ2) is 3.87. The first-order valence-corrected chi connectivity index (χ1v) is 5.09. The van der Waals surface area contributed by atoms with Gasteiger partial charge in [0.25, 0.3) is 5.56 Å². The zero-order valence-electron chi connectivity index (χ0n) is 8.71. The van der Waals surface area contributed by atoms with Crippen molar-refractivity contribution in [2.24, 2.45) is 5.73 Å². The molecular weight excluding hydrogens is 188 g/mol. The van der Waals surface area contributed by atoms with E-state index in [-0.39, 0.29) is 12.1 Å². The molecular formula is C12H14N2O. The molecule has 1 aromatic heterocycles. The van der Waals surface area contributed by atoms with Crippen LogP contribution in [0.25, 0.3) is 10.9 Å². The molecule has 3 heteroatoms. The maximum absolute atomic E-state index is 11.5. The summed E-state index contributed by atoms with van der Waals surface area (Å²) >= 11 is 0. The number of pyridine rings is 1. The zero-order valence-corrected chi connectivity index (χ0v) is 8.71. The van der Waals surface area contributed by atoms with E-state index in [4.69, 9.17) is 5.73 Å². The summed E-state index contributed by atoms with van der Waals surface area (Å²) in [7, 11) is 0. The summed E-state index contributed by atoms with van der Waals surface area (Å²) in [5, 5.41) is 1.05. The first-order valence-electron chi connectivity index (χ1n) is 5.09. The van der Waals surface area contributed by atoms with Gasteiger partial charge >= 0.3 is 0 Å². The molecule has 0 atom stereocenters. The van der Waals surface area contributed by atoms with Crippen molar-refractivity contribution in [3.63, 3.8) is 0 Å². The molecule has 0 aliphatic carbocycles. The predicted molar refractivity (Wildman–Crippen MR) is 61.8 cm³/mol. The van der Waals surface area contributed by atoms with Gasteiger partial charge in [-0.05, 0) is 35.6 Å². The van der Waals surface area contributed by atoms with E-state index in [0.29, 0.717) is 5.56 Å².